The molecule has 5 rings (SSSR count). The van der Waals surface area contributed by atoms with E-state index in [1.54, 1.807) is 23.7 Å². The summed E-state index contributed by atoms with van der Waals surface area (Å²) in [7, 11) is 0. The molecule has 0 aliphatic carbocycles. The summed E-state index contributed by atoms with van der Waals surface area (Å²) >= 11 is 0. The molecular weight excluding hydrogens is 406 g/mol. The van der Waals surface area contributed by atoms with E-state index in [1.165, 1.54) is 17.2 Å². The fourth-order valence-electron chi connectivity index (χ4n) is 4.36. The van der Waals surface area contributed by atoms with Crippen molar-refractivity contribution in [2.45, 2.75) is 31.4 Å². The topological polar surface area (TPSA) is 86.0 Å². The van der Waals surface area contributed by atoms with Crippen molar-refractivity contribution in [3.63, 3.8) is 0 Å². The van der Waals surface area contributed by atoms with E-state index < -0.39 is 17.2 Å². The normalized spacial score (nSPS) is 20.2. The van der Waals surface area contributed by atoms with Gasteiger partial charge in [-0.25, -0.2) is 23.1 Å². The largest absolute Gasteiger partial charge is 0.386 e. The predicted octanol–water partition coefficient (Wildman–Crippen LogP) is 2.95. The second-order valence-electron chi connectivity index (χ2n) is 8.41. The number of halogens is 2. The van der Waals surface area contributed by atoms with Crippen LogP contribution >= 0.6 is 0 Å². The first-order valence-electron chi connectivity index (χ1n) is 10.1. The number of aromatic nitrogens is 3. The summed E-state index contributed by atoms with van der Waals surface area (Å²) in [5.41, 5.74) is 0.335. The third kappa shape index (κ3) is 3.56. The Morgan fingerprint density at radius 3 is 2.87 bits per heavy atom. The Balaban J connectivity index is 1.42. The summed E-state index contributed by atoms with van der Waals surface area (Å²) in [6, 6.07) is 4.61. The number of likely N-dealkylation sites (tertiary alicyclic amines) is 1. The highest BCUT2D eigenvalue weighted by Gasteiger charge is 2.39. The molecule has 0 spiro atoms. The van der Waals surface area contributed by atoms with Crippen LogP contribution in [-0.4, -0.2) is 55.9 Å². The van der Waals surface area contributed by atoms with Crippen LogP contribution in [0.3, 0.4) is 0 Å². The molecular formula is C21H22F2N6O2. The summed E-state index contributed by atoms with van der Waals surface area (Å²) in [6.07, 6.45) is 4.74. The van der Waals surface area contributed by atoms with Crippen LogP contribution < -0.4 is 10.2 Å². The molecule has 3 aromatic rings. The number of rotatable bonds is 3. The maximum atomic E-state index is 14.4. The predicted molar refractivity (Wildman–Crippen MR) is 110 cm³/mol. The summed E-state index contributed by atoms with van der Waals surface area (Å²) in [5.74, 6) is -0.318. The number of β-amino-alcohol motifs (C(OH)–C–C–N with tert-alkyl or cyclic N) is 1. The van der Waals surface area contributed by atoms with Gasteiger partial charge in [0.25, 0.3) is 0 Å². The molecule has 2 fully saturated rings. The van der Waals surface area contributed by atoms with E-state index in [2.05, 4.69) is 15.4 Å². The number of carbonyl (C=O) groups is 1. The molecule has 0 saturated carbocycles. The Hall–Kier alpha value is -3.27. The molecule has 4 heterocycles. The third-order valence-electron chi connectivity index (χ3n) is 5.81. The van der Waals surface area contributed by atoms with Crippen LogP contribution in [0.15, 0.2) is 36.7 Å². The van der Waals surface area contributed by atoms with Crippen LogP contribution in [0.25, 0.3) is 5.65 Å². The Kier molecular flexibility index (Phi) is 4.54. The van der Waals surface area contributed by atoms with E-state index in [0.29, 0.717) is 35.7 Å². The van der Waals surface area contributed by atoms with Crippen LogP contribution in [0.2, 0.25) is 0 Å². The Morgan fingerprint density at radius 2 is 2.10 bits per heavy atom. The van der Waals surface area contributed by atoms with Crippen LogP contribution in [0, 0.1) is 11.6 Å². The van der Waals surface area contributed by atoms with E-state index in [9.17, 15) is 18.7 Å². The molecule has 10 heteroatoms. The van der Waals surface area contributed by atoms with Crippen molar-refractivity contribution < 1.29 is 18.7 Å². The molecule has 0 bridgehead atoms. The fraction of sp³-hybridized carbons (Fsp3) is 0.381. The highest BCUT2D eigenvalue weighted by atomic mass is 19.1. The zero-order valence-electron chi connectivity index (χ0n) is 16.9. The zero-order chi connectivity index (χ0) is 21.8. The van der Waals surface area contributed by atoms with Crippen molar-refractivity contribution >= 4 is 23.2 Å². The average Bonchev–Trinajstić information content (AvgIpc) is 3.35. The number of amides is 2. The molecule has 2 saturated heterocycles. The molecule has 1 aromatic carbocycles. The van der Waals surface area contributed by atoms with Gasteiger partial charge in [0, 0.05) is 18.3 Å². The number of benzene rings is 1. The lowest BCUT2D eigenvalue weighted by molar-refractivity contribution is -0.0581. The van der Waals surface area contributed by atoms with Crippen molar-refractivity contribution in [1.82, 2.24) is 19.5 Å². The fourth-order valence-corrected chi connectivity index (χ4v) is 4.36. The Bertz CT molecular complexity index is 1160. The van der Waals surface area contributed by atoms with Gasteiger partial charge in [-0.15, -0.1) is 0 Å². The molecule has 162 valence electrons. The molecule has 2 aromatic heterocycles. The third-order valence-corrected chi connectivity index (χ3v) is 5.81. The molecule has 31 heavy (non-hydrogen) atoms. The number of hydrogen-bond donors (Lipinski definition) is 2. The monoisotopic (exact) mass is 428 g/mol. The van der Waals surface area contributed by atoms with Gasteiger partial charge in [0.2, 0.25) is 0 Å². The van der Waals surface area contributed by atoms with E-state index in [-0.39, 0.29) is 25.2 Å². The lowest BCUT2D eigenvalue weighted by atomic mass is 9.98. The first-order valence-corrected chi connectivity index (χ1v) is 10.1. The lowest BCUT2D eigenvalue weighted by Crippen LogP contribution is -2.62. The number of nitrogens with zero attached hydrogens (tertiary/aromatic N) is 5. The van der Waals surface area contributed by atoms with Crippen molar-refractivity contribution in [2.75, 3.05) is 29.9 Å². The Labute approximate surface area is 177 Å². The van der Waals surface area contributed by atoms with Crippen LogP contribution in [0.4, 0.5) is 25.1 Å². The van der Waals surface area contributed by atoms with E-state index in [1.807, 2.05) is 4.90 Å². The van der Waals surface area contributed by atoms with Crippen LogP contribution in [0.1, 0.15) is 31.4 Å². The van der Waals surface area contributed by atoms with Gasteiger partial charge >= 0.3 is 6.03 Å². The van der Waals surface area contributed by atoms with Gasteiger partial charge in [-0.2, -0.15) is 5.10 Å². The lowest BCUT2D eigenvalue weighted by Gasteiger charge is -2.43. The highest BCUT2D eigenvalue weighted by Crippen LogP contribution is 2.37. The van der Waals surface area contributed by atoms with E-state index in [4.69, 9.17) is 0 Å². The molecule has 2 aliphatic heterocycles. The average molecular weight is 428 g/mol. The number of anilines is 2. The number of carbonyl (C=O) groups excluding carboxylic acids is 1. The van der Waals surface area contributed by atoms with Crippen molar-refractivity contribution in [3.8, 4) is 0 Å². The van der Waals surface area contributed by atoms with Gasteiger partial charge in [-0.3, -0.25) is 0 Å². The SMILES string of the molecule is CC1(O)CN(C(=O)Nc2cnn3ccc(N4CCCC4c4cc(F)ccc4F)nc23)C1. The highest BCUT2D eigenvalue weighted by molar-refractivity contribution is 5.93. The summed E-state index contributed by atoms with van der Waals surface area (Å²) in [5, 5.41) is 16.8. The molecule has 1 atom stereocenters. The van der Waals surface area contributed by atoms with Crippen molar-refractivity contribution in [1.29, 1.82) is 0 Å². The van der Waals surface area contributed by atoms with Gasteiger partial charge in [-0.1, -0.05) is 0 Å². The minimum Gasteiger partial charge on any atom is -0.386 e. The smallest absolute Gasteiger partial charge is 0.322 e. The van der Waals surface area contributed by atoms with E-state index in [0.717, 1.165) is 18.6 Å². The molecule has 8 nitrogen and oxygen atoms in total. The van der Waals surface area contributed by atoms with Gasteiger partial charge in [0.1, 0.15) is 23.1 Å². The number of nitrogens with one attached hydrogen (secondary N) is 1. The standard InChI is InChI=1S/C21H22F2N6O2/c1-21(31)11-27(12-21)20(30)25-16-10-24-29-8-6-18(26-19(16)29)28-7-2-3-17(28)14-9-13(22)4-5-15(14)23/h4-6,8-10,17,31H,2-3,7,11-12H2,1H3,(H,25,30). The quantitative estimate of drug-likeness (QED) is 0.670. The minimum atomic E-state index is -0.860. The number of urea groups is 1. The van der Waals surface area contributed by atoms with Gasteiger partial charge < -0.3 is 20.2 Å². The maximum absolute atomic E-state index is 14.4. The van der Waals surface area contributed by atoms with Gasteiger partial charge in [0.15, 0.2) is 5.65 Å². The summed E-state index contributed by atoms with van der Waals surface area (Å²) in [4.78, 5) is 20.5. The minimum absolute atomic E-state index is 0.255. The van der Waals surface area contributed by atoms with Gasteiger partial charge in [-0.05, 0) is 44.0 Å². The Morgan fingerprint density at radius 1 is 1.29 bits per heavy atom. The van der Waals surface area contributed by atoms with Crippen molar-refractivity contribution in [2.24, 2.45) is 0 Å². The number of aliphatic hydroxyl groups is 1. The molecule has 0 radical (unpaired) electrons. The van der Waals surface area contributed by atoms with Crippen LogP contribution in [0.5, 0.6) is 0 Å². The molecule has 2 aliphatic rings. The number of hydrogen-bond acceptors (Lipinski definition) is 5. The first kappa shape index (κ1) is 19.7. The van der Waals surface area contributed by atoms with Crippen LogP contribution in [-0.2, 0) is 0 Å². The molecule has 2 N–H and O–H groups in total. The van der Waals surface area contributed by atoms with Gasteiger partial charge in [0.05, 0.1) is 30.9 Å². The maximum Gasteiger partial charge on any atom is 0.322 e. The number of fused-ring (bicyclic) bond motifs is 1. The summed E-state index contributed by atoms with van der Waals surface area (Å²) < 4.78 is 29.7. The second-order valence-corrected chi connectivity index (χ2v) is 8.41. The molecule has 1 unspecified atom stereocenters. The second kappa shape index (κ2) is 7.16. The zero-order valence-corrected chi connectivity index (χ0v) is 16.9. The van der Waals surface area contributed by atoms with Crippen molar-refractivity contribution in [3.05, 3.63) is 53.9 Å². The van der Waals surface area contributed by atoms with E-state index >= 15 is 0 Å². The summed E-state index contributed by atoms with van der Waals surface area (Å²) in [6.45, 7) is 2.84. The first-order chi connectivity index (χ1) is 14.8. The molecule has 2 amide bonds.